The highest BCUT2D eigenvalue weighted by Crippen LogP contribution is 2.44. The van der Waals surface area contributed by atoms with E-state index >= 15 is 0 Å². The van der Waals surface area contributed by atoms with Crippen LogP contribution in [-0.4, -0.2) is 22.8 Å². The summed E-state index contributed by atoms with van der Waals surface area (Å²) < 4.78 is 0. The molecule has 4 nitrogen and oxygen atoms in total. The van der Waals surface area contributed by atoms with E-state index in [1.807, 2.05) is 37.3 Å². The molecule has 1 heterocycles. The highest BCUT2D eigenvalue weighted by molar-refractivity contribution is 6.19. The summed E-state index contributed by atoms with van der Waals surface area (Å²) in [4.78, 5) is 12.9. The van der Waals surface area contributed by atoms with Crippen LogP contribution in [0.2, 0.25) is 0 Å². The van der Waals surface area contributed by atoms with Crippen molar-refractivity contribution in [2.75, 3.05) is 5.01 Å². The summed E-state index contributed by atoms with van der Waals surface area (Å²) in [5.74, 6) is 0.0763. The number of anilines is 1. The summed E-state index contributed by atoms with van der Waals surface area (Å²) in [6, 6.07) is 9.58. The topological polar surface area (TPSA) is 52.9 Å². The van der Waals surface area contributed by atoms with Crippen molar-refractivity contribution in [3.05, 3.63) is 30.3 Å². The van der Waals surface area contributed by atoms with Crippen LogP contribution in [-0.2, 0) is 4.79 Å². The van der Waals surface area contributed by atoms with Crippen molar-refractivity contribution in [1.82, 2.24) is 0 Å². The first kappa shape index (κ1) is 13.3. The third kappa shape index (κ3) is 1.95. The van der Waals surface area contributed by atoms with Gasteiger partial charge in [-0.15, -0.1) is 0 Å². The summed E-state index contributed by atoms with van der Waals surface area (Å²) in [7, 11) is 0. The van der Waals surface area contributed by atoms with Crippen molar-refractivity contribution < 1.29 is 9.90 Å². The van der Waals surface area contributed by atoms with Crippen LogP contribution < -0.4 is 5.01 Å². The van der Waals surface area contributed by atoms with E-state index in [1.165, 1.54) is 0 Å². The number of aliphatic hydroxyl groups is 1. The van der Waals surface area contributed by atoms with Gasteiger partial charge >= 0.3 is 0 Å². The number of hydrogen-bond donors (Lipinski definition) is 1. The van der Waals surface area contributed by atoms with Gasteiger partial charge in [0.15, 0.2) is 0 Å². The Kier molecular flexibility index (Phi) is 3.34. The monoisotopic (exact) mass is 272 g/mol. The molecular weight excluding hydrogens is 252 g/mol. The number of amides is 1. The molecule has 1 aliphatic carbocycles. The first-order valence-corrected chi connectivity index (χ1v) is 7.33. The van der Waals surface area contributed by atoms with Crippen LogP contribution in [0.5, 0.6) is 0 Å². The van der Waals surface area contributed by atoms with E-state index in [0.717, 1.165) is 17.8 Å². The Balaban J connectivity index is 1.95. The van der Waals surface area contributed by atoms with Gasteiger partial charge in [0.1, 0.15) is 0 Å². The second kappa shape index (κ2) is 5.02. The molecule has 1 aliphatic heterocycles. The predicted molar refractivity (Wildman–Crippen MR) is 78.6 cm³/mol. The van der Waals surface area contributed by atoms with Gasteiger partial charge in [0.25, 0.3) is 5.91 Å². The first-order chi connectivity index (χ1) is 9.67. The molecule has 0 bridgehead atoms. The fraction of sp³-hybridized carbons (Fsp3) is 0.500. The lowest BCUT2D eigenvalue weighted by molar-refractivity contribution is -0.126. The maximum Gasteiger partial charge on any atom is 0.259 e. The summed E-state index contributed by atoms with van der Waals surface area (Å²) in [6.07, 6.45) is 3.31. The molecule has 0 radical (unpaired) electrons. The highest BCUT2D eigenvalue weighted by atomic mass is 16.3. The Morgan fingerprint density at radius 3 is 2.55 bits per heavy atom. The van der Waals surface area contributed by atoms with Crippen molar-refractivity contribution in [3.8, 4) is 0 Å². The zero-order chi connectivity index (χ0) is 14.2. The van der Waals surface area contributed by atoms with Gasteiger partial charge in [-0.2, -0.15) is 10.1 Å². The molecular formula is C16H20N2O2. The number of aliphatic hydroxyl groups excluding tert-OH is 1. The SMILES string of the molecule is CCC1=NN(c2ccccc2)C(=O)C12CCC(O)CC2. The van der Waals surface area contributed by atoms with E-state index in [4.69, 9.17) is 0 Å². The second-order valence-electron chi connectivity index (χ2n) is 5.67. The van der Waals surface area contributed by atoms with E-state index in [9.17, 15) is 9.90 Å². The van der Waals surface area contributed by atoms with E-state index in [0.29, 0.717) is 25.7 Å². The molecule has 1 spiro atoms. The highest BCUT2D eigenvalue weighted by Gasteiger charge is 2.51. The van der Waals surface area contributed by atoms with Crippen LogP contribution in [0.1, 0.15) is 39.0 Å². The maximum atomic E-state index is 12.9. The molecule has 4 heteroatoms. The van der Waals surface area contributed by atoms with Gasteiger partial charge in [-0.1, -0.05) is 25.1 Å². The van der Waals surface area contributed by atoms with Crippen LogP contribution in [0.4, 0.5) is 5.69 Å². The van der Waals surface area contributed by atoms with Crippen LogP contribution in [0.3, 0.4) is 0 Å². The lowest BCUT2D eigenvalue weighted by atomic mass is 9.69. The van der Waals surface area contributed by atoms with Gasteiger partial charge in [0.05, 0.1) is 22.9 Å². The molecule has 0 unspecified atom stereocenters. The molecule has 1 aromatic rings. The lowest BCUT2D eigenvalue weighted by Gasteiger charge is -2.34. The Labute approximate surface area is 119 Å². The van der Waals surface area contributed by atoms with Crippen molar-refractivity contribution in [2.45, 2.75) is 45.1 Å². The van der Waals surface area contributed by atoms with Gasteiger partial charge in [-0.05, 0) is 44.2 Å². The van der Waals surface area contributed by atoms with Crippen LogP contribution in [0.25, 0.3) is 0 Å². The molecule has 3 rings (SSSR count). The van der Waals surface area contributed by atoms with E-state index in [-0.39, 0.29) is 12.0 Å². The smallest absolute Gasteiger partial charge is 0.259 e. The number of carbonyl (C=O) groups is 1. The Bertz CT molecular complexity index is 531. The molecule has 2 aliphatic rings. The quantitative estimate of drug-likeness (QED) is 0.900. The van der Waals surface area contributed by atoms with Crippen molar-refractivity contribution in [1.29, 1.82) is 0 Å². The number of rotatable bonds is 2. The zero-order valence-electron chi connectivity index (χ0n) is 11.7. The maximum absolute atomic E-state index is 12.9. The second-order valence-corrected chi connectivity index (χ2v) is 5.67. The summed E-state index contributed by atoms with van der Waals surface area (Å²) >= 11 is 0. The van der Waals surface area contributed by atoms with Crippen LogP contribution in [0, 0.1) is 5.41 Å². The molecule has 0 saturated heterocycles. The number of benzene rings is 1. The van der Waals surface area contributed by atoms with E-state index in [1.54, 1.807) is 5.01 Å². The molecule has 1 aromatic carbocycles. The molecule has 0 atom stereocenters. The number of para-hydroxylation sites is 1. The van der Waals surface area contributed by atoms with Crippen molar-refractivity contribution in [3.63, 3.8) is 0 Å². The Hall–Kier alpha value is -1.68. The summed E-state index contributed by atoms with van der Waals surface area (Å²) in [6.45, 7) is 2.05. The van der Waals surface area contributed by atoms with Crippen LogP contribution in [0.15, 0.2) is 35.4 Å². The molecule has 20 heavy (non-hydrogen) atoms. The summed E-state index contributed by atoms with van der Waals surface area (Å²) in [5.41, 5.74) is 1.33. The average Bonchev–Trinajstić information content (AvgIpc) is 2.76. The molecule has 1 amide bonds. The van der Waals surface area contributed by atoms with Gasteiger partial charge in [-0.25, -0.2) is 0 Å². The minimum absolute atomic E-state index is 0.0763. The number of hydrazone groups is 1. The number of carbonyl (C=O) groups excluding carboxylic acids is 1. The number of hydrogen-bond acceptors (Lipinski definition) is 3. The number of nitrogens with zero attached hydrogens (tertiary/aromatic N) is 2. The molecule has 106 valence electrons. The minimum Gasteiger partial charge on any atom is -0.393 e. The normalized spacial score (nSPS) is 29.9. The largest absolute Gasteiger partial charge is 0.393 e. The molecule has 0 aromatic heterocycles. The van der Waals surface area contributed by atoms with Gasteiger partial charge in [0.2, 0.25) is 0 Å². The molecule has 1 fully saturated rings. The van der Waals surface area contributed by atoms with Gasteiger partial charge in [0, 0.05) is 0 Å². The standard InChI is InChI=1S/C16H20N2O2/c1-2-14-16(10-8-13(19)9-11-16)15(20)18(17-14)12-6-4-3-5-7-12/h3-7,13,19H,2,8-11H2,1H3. The summed E-state index contributed by atoms with van der Waals surface area (Å²) in [5, 5.41) is 15.8. The van der Waals surface area contributed by atoms with E-state index in [2.05, 4.69) is 5.10 Å². The predicted octanol–water partition coefficient (Wildman–Crippen LogP) is 2.72. The zero-order valence-corrected chi connectivity index (χ0v) is 11.7. The van der Waals surface area contributed by atoms with E-state index < -0.39 is 5.41 Å². The minimum atomic E-state index is -0.468. The average molecular weight is 272 g/mol. The van der Waals surface area contributed by atoms with Crippen molar-refractivity contribution >= 4 is 17.3 Å². The lowest BCUT2D eigenvalue weighted by Crippen LogP contribution is -2.43. The third-order valence-corrected chi connectivity index (χ3v) is 4.52. The third-order valence-electron chi connectivity index (χ3n) is 4.52. The Morgan fingerprint density at radius 1 is 1.30 bits per heavy atom. The fourth-order valence-electron chi connectivity index (χ4n) is 3.34. The van der Waals surface area contributed by atoms with Gasteiger partial charge in [-0.3, -0.25) is 4.79 Å². The first-order valence-electron chi connectivity index (χ1n) is 7.33. The Morgan fingerprint density at radius 2 is 1.95 bits per heavy atom. The van der Waals surface area contributed by atoms with Crippen LogP contribution >= 0.6 is 0 Å². The fourth-order valence-corrected chi connectivity index (χ4v) is 3.34. The molecule has 1 saturated carbocycles. The van der Waals surface area contributed by atoms with Gasteiger partial charge < -0.3 is 5.11 Å². The molecule has 1 N–H and O–H groups in total. The van der Waals surface area contributed by atoms with Crippen molar-refractivity contribution in [2.24, 2.45) is 10.5 Å².